The standard InChI is InChI=1S/C16H14FN3O2S/c1-22-16-9-15-12(8-13(16)17)14(6-7-19-15)20-10-2-4-11(5-3-10)23(18)21/h2-9,18,23H,1H3,(H,19,20). The smallest absolute Gasteiger partial charge is 0.165 e. The van der Waals surface area contributed by atoms with Crippen LogP contribution in [0.3, 0.4) is 0 Å². The number of nitrogens with zero attached hydrogens (tertiary/aromatic N) is 1. The highest BCUT2D eigenvalue weighted by Crippen LogP contribution is 2.30. The van der Waals surface area contributed by atoms with Gasteiger partial charge in [0.25, 0.3) is 0 Å². The molecule has 1 aromatic heterocycles. The van der Waals surface area contributed by atoms with Crippen LogP contribution in [-0.2, 0) is 10.6 Å². The maximum Gasteiger partial charge on any atom is 0.165 e. The molecule has 2 aromatic carbocycles. The highest BCUT2D eigenvalue weighted by Gasteiger charge is 2.09. The lowest BCUT2D eigenvalue weighted by molar-refractivity contribution is 0.387. The molecule has 23 heavy (non-hydrogen) atoms. The molecule has 0 radical (unpaired) electrons. The topological polar surface area (TPSA) is 75.1 Å². The van der Waals surface area contributed by atoms with Crippen molar-refractivity contribution in [2.45, 2.75) is 4.90 Å². The summed E-state index contributed by atoms with van der Waals surface area (Å²) in [5.74, 6) is -0.316. The number of pyridine rings is 1. The average Bonchev–Trinajstić information content (AvgIpc) is 2.55. The van der Waals surface area contributed by atoms with Crippen LogP contribution in [0.1, 0.15) is 0 Å². The Balaban J connectivity index is 2.01. The van der Waals surface area contributed by atoms with E-state index >= 15 is 0 Å². The van der Waals surface area contributed by atoms with Gasteiger partial charge in [0.05, 0.1) is 23.2 Å². The lowest BCUT2D eigenvalue weighted by Crippen LogP contribution is -1.95. The summed E-state index contributed by atoms with van der Waals surface area (Å²) in [6, 6.07) is 11.4. The molecule has 5 nitrogen and oxygen atoms in total. The molecule has 0 spiro atoms. The number of anilines is 2. The molecule has 3 rings (SSSR count). The maximum absolute atomic E-state index is 13.9. The molecule has 0 bridgehead atoms. The van der Waals surface area contributed by atoms with Crippen molar-refractivity contribution in [2.75, 3.05) is 12.4 Å². The van der Waals surface area contributed by atoms with Crippen LogP contribution in [0.4, 0.5) is 15.8 Å². The van der Waals surface area contributed by atoms with Crippen molar-refractivity contribution in [3.8, 4) is 5.75 Å². The first kappa shape index (κ1) is 15.2. The number of nitrogens with one attached hydrogen (secondary N) is 2. The third-order valence-corrected chi connectivity index (χ3v) is 4.16. The number of ether oxygens (including phenoxy) is 1. The number of rotatable bonds is 4. The number of halogens is 1. The molecule has 0 aliphatic heterocycles. The molecule has 0 saturated carbocycles. The lowest BCUT2D eigenvalue weighted by atomic mass is 10.1. The first-order chi connectivity index (χ1) is 11.1. The quantitative estimate of drug-likeness (QED) is 0.637. The second-order valence-corrected chi connectivity index (χ2v) is 5.93. The van der Waals surface area contributed by atoms with Gasteiger partial charge in [0.1, 0.15) is 0 Å². The first-order valence-corrected chi connectivity index (χ1v) is 8.02. The SMILES string of the molecule is COc1cc2nccc(Nc3ccc([SH](=N)=O)cc3)c2cc1F. The molecule has 1 unspecified atom stereocenters. The third-order valence-electron chi connectivity index (χ3n) is 3.40. The number of fused-ring (bicyclic) bond motifs is 1. The second-order valence-electron chi connectivity index (χ2n) is 4.83. The van der Waals surface area contributed by atoms with Crippen LogP contribution < -0.4 is 10.1 Å². The Labute approximate surface area is 134 Å². The maximum atomic E-state index is 13.9. The molecule has 0 aliphatic carbocycles. The van der Waals surface area contributed by atoms with Crippen LogP contribution in [-0.4, -0.2) is 16.3 Å². The highest BCUT2D eigenvalue weighted by molar-refractivity contribution is 7.73. The predicted molar refractivity (Wildman–Crippen MR) is 88.5 cm³/mol. The van der Waals surface area contributed by atoms with Gasteiger partial charge in [-0.15, -0.1) is 0 Å². The molecule has 1 heterocycles. The van der Waals surface area contributed by atoms with Crippen LogP contribution in [0.2, 0.25) is 0 Å². The number of benzene rings is 2. The summed E-state index contributed by atoms with van der Waals surface area (Å²) in [5, 5.41) is 3.80. The van der Waals surface area contributed by atoms with E-state index in [0.717, 1.165) is 5.69 Å². The zero-order valence-corrected chi connectivity index (χ0v) is 13.1. The van der Waals surface area contributed by atoms with Gasteiger partial charge in [-0.1, -0.05) is 0 Å². The van der Waals surface area contributed by atoms with Gasteiger partial charge >= 0.3 is 0 Å². The molecule has 1 atom stereocenters. The summed E-state index contributed by atoms with van der Waals surface area (Å²) in [4.78, 5) is 4.68. The molecule has 0 amide bonds. The lowest BCUT2D eigenvalue weighted by Gasteiger charge is -2.11. The minimum atomic E-state index is -2.11. The van der Waals surface area contributed by atoms with E-state index in [1.54, 1.807) is 42.6 Å². The summed E-state index contributed by atoms with van der Waals surface area (Å²) >= 11 is 0. The minimum absolute atomic E-state index is 0.144. The Morgan fingerprint density at radius 3 is 2.61 bits per heavy atom. The summed E-state index contributed by atoms with van der Waals surface area (Å²) in [6.45, 7) is 0. The van der Waals surface area contributed by atoms with Crippen molar-refractivity contribution in [1.82, 2.24) is 4.98 Å². The Morgan fingerprint density at radius 2 is 1.96 bits per heavy atom. The second kappa shape index (κ2) is 6.21. The van der Waals surface area contributed by atoms with E-state index in [4.69, 9.17) is 9.52 Å². The summed E-state index contributed by atoms with van der Waals surface area (Å²) in [6.07, 6.45) is 1.62. The van der Waals surface area contributed by atoms with Gasteiger partial charge in [-0.2, -0.15) is 0 Å². The zero-order chi connectivity index (χ0) is 16.4. The van der Waals surface area contributed by atoms with E-state index in [2.05, 4.69) is 10.3 Å². The zero-order valence-electron chi connectivity index (χ0n) is 12.2. The first-order valence-electron chi connectivity index (χ1n) is 6.76. The minimum Gasteiger partial charge on any atom is -0.494 e. The van der Waals surface area contributed by atoms with Gasteiger partial charge in [0.2, 0.25) is 0 Å². The molecule has 0 saturated heterocycles. The van der Waals surface area contributed by atoms with Crippen LogP contribution >= 0.6 is 0 Å². The van der Waals surface area contributed by atoms with Gasteiger partial charge in [-0.3, -0.25) is 9.76 Å². The molecular weight excluding hydrogens is 317 g/mol. The van der Waals surface area contributed by atoms with Crippen molar-refractivity contribution in [3.05, 3.63) is 54.5 Å². The molecule has 118 valence electrons. The normalized spacial score (nSPS) is 12.1. The molecule has 0 fully saturated rings. The Morgan fingerprint density at radius 1 is 1.22 bits per heavy atom. The Hall–Kier alpha value is -2.67. The van der Waals surface area contributed by atoms with Crippen LogP contribution in [0.15, 0.2) is 53.6 Å². The van der Waals surface area contributed by atoms with E-state index in [0.29, 0.717) is 21.5 Å². The fourth-order valence-electron chi connectivity index (χ4n) is 2.25. The van der Waals surface area contributed by atoms with Gasteiger partial charge in [0.15, 0.2) is 11.6 Å². The van der Waals surface area contributed by atoms with Gasteiger partial charge in [-0.05, 0) is 36.4 Å². The fraction of sp³-hybridized carbons (Fsp3) is 0.0625. The van der Waals surface area contributed by atoms with E-state index in [1.807, 2.05) is 0 Å². The number of thiol groups is 1. The summed E-state index contributed by atoms with van der Waals surface area (Å²) in [7, 11) is -0.699. The molecule has 0 aliphatic rings. The Kier molecular flexibility index (Phi) is 4.12. The monoisotopic (exact) mass is 331 g/mol. The van der Waals surface area contributed by atoms with Crippen molar-refractivity contribution in [3.63, 3.8) is 0 Å². The number of methoxy groups -OCH3 is 1. The predicted octanol–water partition coefficient (Wildman–Crippen LogP) is 3.73. The van der Waals surface area contributed by atoms with E-state index < -0.39 is 16.4 Å². The van der Waals surface area contributed by atoms with Crippen LogP contribution in [0.25, 0.3) is 10.9 Å². The molecule has 2 N–H and O–H groups in total. The molecule has 3 aromatic rings. The molecule has 7 heteroatoms. The fourth-order valence-corrected chi connectivity index (χ4v) is 2.67. The number of aromatic nitrogens is 1. The largest absolute Gasteiger partial charge is 0.494 e. The number of hydrogen-bond acceptors (Lipinski definition) is 5. The summed E-state index contributed by atoms with van der Waals surface area (Å²) in [5.41, 5.74) is 2.05. The van der Waals surface area contributed by atoms with Crippen molar-refractivity contribution in [2.24, 2.45) is 0 Å². The van der Waals surface area contributed by atoms with E-state index in [1.165, 1.54) is 13.2 Å². The van der Waals surface area contributed by atoms with Gasteiger partial charge in [-0.25, -0.2) is 8.60 Å². The van der Waals surface area contributed by atoms with Crippen molar-refractivity contribution >= 4 is 32.9 Å². The van der Waals surface area contributed by atoms with E-state index in [9.17, 15) is 8.60 Å². The van der Waals surface area contributed by atoms with Crippen molar-refractivity contribution in [1.29, 1.82) is 4.78 Å². The van der Waals surface area contributed by atoms with Gasteiger partial charge < -0.3 is 10.1 Å². The van der Waals surface area contributed by atoms with Crippen molar-refractivity contribution < 1.29 is 13.3 Å². The average molecular weight is 331 g/mol. The number of hydrogen-bond donors (Lipinski definition) is 3. The molecular formula is C16H14FN3O2S. The van der Waals surface area contributed by atoms with E-state index in [-0.39, 0.29) is 5.75 Å². The van der Waals surface area contributed by atoms with Crippen LogP contribution in [0, 0.1) is 10.6 Å². The van der Waals surface area contributed by atoms with Crippen LogP contribution in [0.5, 0.6) is 5.75 Å². The third kappa shape index (κ3) is 3.09. The summed E-state index contributed by atoms with van der Waals surface area (Å²) < 4.78 is 37.2. The Bertz CT molecular complexity index is 932. The van der Waals surface area contributed by atoms with Gasteiger partial charge in [0, 0.05) is 33.9 Å². The highest BCUT2D eigenvalue weighted by atomic mass is 32.2.